The Hall–Kier alpha value is -3.86. The van der Waals surface area contributed by atoms with Crippen LogP contribution in [0.25, 0.3) is 6.08 Å². The number of hydrogen-bond acceptors (Lipinski definition) is 6. The fourth-order valence-electron chi connectivity index (χ4n) is 2.97. The molecule has 0 fully saturated rings. The number of non-ortho nitro benzene ring substituents is 1. The molecule has 2 rings (SSSR count). The van der Waals surface area contributed by atoms with Gasteiger partial charge in [0.1, 0.15) is 11.6 Å². The van der Waals surface area contributed by atoms with Crippen LogP contribution >= 0.6 is 0 Å². The van der Waals surface area contributed by atoms with Crippen molar-refractivity contribution in [1.82, 2.24) is 0 Å². The zero-order valence-corrected chi connectivity index (χ0v) is 18.5. The van der Waals surface area contributed by atoms with Gasteiger partial charge in [0, 0.05) is 12.1 Å². The van der Waals surface area contributed by atoms with E-state index in [0.717, 1.165) is 19.3 Å². The SMILES string of the molecule is CCCCCCOc1ccc(/C=C(\C#N)C(=O)Nc2cc([N+](=O)[O-])ccc2C)cc1OC. The van der Waals surface area contributed by atoms with Gasteiger partial charge in [-0.25, -0.2) is 0 Å². The molecule has 2 aromatic rings. The minimum absolute atomic E-state index is 0.147. The second-order valence-corrected chi connectivity index (χ2v) is 7.20. The monoisotopic (exact) mass is 437 g/mol. The molecule has 0 bridgehead atoms. The van der Waals surface area contributed by atoms with Crippen LogP contribution in [0.2, 0.25) is 0 Å². The fourth-order valence-corrected chi connectivity index (χ4v) is 2.97. The van der Waals surface area contributed by atoms with Crippen LogP contribution < -0.4 is 14.8 Å². The molecule has 0 aromatic heterocycles. The normalized spacial score (nSPS) is 10.9. The molecule has 168 valence electrons. The molecule has 0 saturated carbocycles. The van der Waals surface area contributed by atoms with Crippen LogP contribution in [-0.4, -0.2) is 24.5 Å². The highest BCUT2D eigenvalue weighted by atomic mass is 16.6. The molecule has 1 amide bonds. The van der Waals surface area contributed by atoms with Gasteiger partial charge in [-0.3, -0.25) is 14.9 Å². The summed E-state index contributed by atoms with van der Waals surface area (Å²) in [6.45, 7) is 4.44. The summed E-state index contributed by atoms with van der Waals surface area (Å²) in [5.74, 6) is 0.434. The maximum absolute atomic E-state index is 12.6. The number of nitro benzene ring substituents is 1. The number of amides is 1. The van der Waals surface area contributed by atoms with Crippen molar-refractivity contribution in [2.24, 2.45) is 0 Å². The largest absolute Gasteiger partial charge is 0.493 e. The Balaban J connectivity index is 2.16. The van der Waals surface area contributed by atoms with Gasteiger partial charge < -0.3 is 14.8 Å². The number of methoxy groups -OCH3 is 1. The van der Waals surface area contributed by atoms with Gasteiger partial charge in [0.15, 0.2) is 11.5 Å². The number of benzene rings is 2. The lowest BCUT2D eigenvalue weighted by molar-refractivity contribution is -0.384. The molecule has 2 aromatic carbocycles. The van der Waals surface area contributed by atoms with Gasteiger partial charge >= 0.3 is 0 Å². The number of carbonyl (C=O) groups is 1. The van der Waals surface area contributed by atoms with Crippen LogP contribution in [0.4, 0.5) is 11.4 Å². The van der Waals surface area contributed by atoms with E-state index in [-0.39, 0.29) is 16.9 Å². The molecule has 0 saturated heterocycles. The van der Waals surface area contributed by atoms with Crippen molar-refractivity contribution in [2.45, 2.75) is 39.5 Å². The number of carbonyl (C=O) groups excluding carboxylic acids is 1. The second kappa shape index (κ2) is 12.1. The molecule has 0 aliphatic carbocycles. The summed E-state index contributed by atoms with van der Waals surface area (Å²) in [6.07, 6.45) is 5.80. The number of anilines is 1. The van der Waals surface area contributed by atoms with Crippen LogP contribution in [0.3, 0.4) is 0 Å². The van der Waals surface area contributed by atoms with E-state index in [2.05, 4.69) is 12.2 Å². The summed E-state index contributed by atoms with van der Waals surface area (Å²) in [7, 11) is 1.52. The third-order valence-corrected chi connectivity index (χ3v) is 4.80. The minimum Gasteiger partial charge on any atom is -0.493 e. The second-order valence-electron chi connectivity index (χ2n) is 7.20. The molecule has 0 radical (unpaired) electrons. The Morgan fingerprint density at radius 1 is 1.19 bits per heavy atom. The van der Waals surface area contributed by atoms with Gasteiger partial charge in [-0.15, -0.1) is 0 Å². The van der Waals surface area contributed by atoms with Crippen molar-refractivity contribution in [3.8, 4) is 17.6 Å². The van der Waals surface area contributed by atoms with Crippen LogP contribution in [0.1, 0.15) is 43.7 Å². The van der Waals surface area contributed by atoms with Gasteiger partial charge in [-0.05, 0) is 42.7 Å². The zero-order valence-electron chi connectivity index (χ0n) is 18.5. The van der Waals surface area contributed by atoms with E-state index in [1.54, 1.807) is 25.1 Å². The molecule has 8 heteroatoms. The molecule has 0 spiro atoms. The van der Waals surface area contributed by atoms with Crippen LogP contribution in [0.15, 0.2) is 42.0 Å². The number of ether oxygens (including phenoxy) is 2. The first-order valence-electron chi connectivity index (χ1n) is 10.4. The topological polar surface area (TPSA) is 114 Å². The number of unbranched alkanes of at least 4 members (excludes halogenated alkanes) is 3. The number of rotatable bonds is 11. The van der Waals surface area contributed by atoms with Crippen LogP contribution in [0, 0.1) is 28.4 Å². The molecule has 0 atom stereocenters. The molecule has 8 nitrogen and oxygen atoms in total. The van der Waals surface area contributed by atoms with Gasteiger partial charge in [0.05, 0.1) is 24.3 Å². The number of nitriles is 1. The maximum Gasteiger partial charge on any atom is 0.271 e. The van der Waals surface area contributed by atoms with E-state index in [9.17, 15) is 20.2 Å². The summed E-state index contributed by atoms with van der Waals surface area (Å²) < 4.78 is 11.2. The summed E-state index contributed by atoms with van der Waals surface area (Å²) >= 11 is 0. The smallest absolute Gasteiger partial charge is 0.271 e. The van der Waals surface area contributed by atoms with E-state index < -0.39 is 10.8 Å². The van der Waals surface area contributed by atoms with Crippen molar-refractivity contribution in [3.05, 3.63) is 63.2 Å². The van der Waals surface area contributed by atoms with E-state index in [1.165, 1.54) is 37.8 Å². The lowest BCUT2D eigenvalue weighted by Crippen LogP contribution is -2.14. The van der Waals surface area contributed by atoms with Crippen molar-refractivity contribution >= 4 is 23.4 Å². The Morgan fingerprint density at radius 3 is 2.62 bits per heavy atom. The minimum atomic E-state index is -0.661. The maximum atomic E-state index is 12.6. The van der Waals surface area contributed by atoms with E-state index in [1.807, 2.05) is 6.07 Å². The van der Waals surface area contributed by atoms with Crippen molar-refractivity contribution in [1.29, 1.82) is 5.26 Å². The quantitative estimate of drug-likeness (QED) is 0.165. The Kier molecular flexibility index (Phi) is 9.23. The highest BCUT2D eigenvalue weighted by molar-refractivity contribution is 6.10. The number of hydrogen-bond donors (Lipinski definition) is 1. The summed E-state index contributed by atoms with van der Waals surface area (Å²) in [5.41, 5.74) is 1.20. The third kappa shape index (κ3) is 6.84. The molecular weight excluding hydrogens is 410 g/mol. The number of nitrogens with zero attached hydrogens (tertiary/aromatic N) is 2. The highest BCUT2D eigenvalue weighted by Gasteiger charge is 2.15. The van der Waals surface area contributed by atoms with Gasteiger partial charge in [0.2, 0.25) is 0 Å². The lowest BCUT2D eigenvalue weighted by atomic mass is 10.1. The van der Waals surface area contributed by atoms with Gasteiger partial charge in [-0.2, -0.15) is 5.26 Å². The molecule has 1 N–H and O–H groups in total. The zero-order chi connectivity index (χ0) is 23.5. The van der Waals surface area contributed by atoms with E-state index >= 15 is 0 Å². The average molecular weight is 437 g/mol. The molecule has 0 unspecified atom stereocenters. The Labute approximate surface area is 187 Å². The van der Waals surface area contributed by atoms with Crippen molar-refractivity contribution in [3.63, 3.8) is 0 Å². The van der Waals surface area contributed by atoms with E-state index in [0.29, 0.717) is 29.2 Å². The first kappa shape index (κ1) is 24.4. The van der Waals surface area contributed by atoms with Crippen LogP contribution in [-0.2, 0) is 4.79 Å². The number of nitrogens with one attached hydrogen (secondary N) is 1. The molecule has 0 heterocycles. The standard InChI is InChI=1S/C24H27N3O5/c1-4-5-6-7-12-32-22-11-9-18(14-23(22)31-3)13-19(16-25)24(28)26-21-15-20(27(29)30)10-8-17(21)2/h8-11,13-15H,4-7,12H2,1-3H3,(H,26,28)/b19-13+. The molecular formula is C24H27N3O5. The van der Waals surface area contributed by atoms with Crippen LogP contribution in [0.5, 0.6) is 11.5 Å². The summed E-state index contributed by atoms with van der Waals surface area (Å²) in [6, 6.07) is 11.2. The van der Waals surface area contributed by atoms with Gasteiger partial charge in [-0.1, -0.05) is 38.3 Å². The first-order chi connectivity index (χ1) is 15.4. The fraction of sp³-hybridized carbons (Fsp3) is 0.333. The summed E-state index contributed by atoms with van der Waals surface area (Å²) in [5, 5.41) is 23.0. The summed E-state index contributed by atoms with van der Waals surface area (Å²) in [4.78, 5) is 23.0. The Morgan fingerprint density at radius 2 is 1.97 bits per heavy atom. The lowest BCUT2D eigenvalue weighted by Gasteiger charge is -2.11. The molecule has 32 heavy (non-hydrogen) atoms. The predicted molar refractivity (Wildman–Crippen MR) is 123 cm³/mol. The number of aryl methyl sites for hydroxylation is 1. The third-order valence-electron chi connectivity index (χ3n) is 4.80. The average Bonchev–Trinajstić information content (AvgIpc) is 2.78. The van der Waals surface area contributed by atoms with Crippen molar-refractivity contribution < 1.29 is 19.2 Å². The van der Waals surface area contributed by atoms with Gasteiger partial charge in [0.25, 0.3) is 11.6 Å². The van der Waals surface area contributed by atoms with Crippen molar-refractivity contribution in [2.75, 3.05) is 19.0 Å². The molecule has 0 aliphatic heterocycles. The predicted octanol–water partition coefficient (Wildman–Crippen LogP) is 5.42. The number of nitro groups is 1. The Bertz CT molecular complexity index is 1040. The van der Waals surface area contributed by atoms with E-state index in [4.69, 9.17) is 9.47 Å². The molecule has 0 aliphatic rings. The highest BCUT2D eigenvalue weighted by Crippen LogP contribution is 2.29. The first-order valence-corrected chi connectivity index (χ1v) is 10.4.